The molecule has 0 aliphatic rings. The lowest BCUT2D eigenvalue weighted by atomic mass is 9.80. The molecule has 0 spiro atoms. The van der Waals surface area contributed by atoms with E-state index in [1.54, 1.807) is 0 Å². The first-order valence-electron chi connectivity index (χ1n) is 9.42. The quantitative estimate of drug-likeness (QED) is 0.690. The number of hydrogen-bond acceptors (Lipinski definition) is 1. The summed E-state index contributed by atoms with van der Waals surface area (Å²) in [6.07, 6.45) is 5.57. The highest BCUT2D eigenvalue weighted by molar-refractivity contribution is 5.56. The number of anilines is 1. The summed E-state index contributed by atoms with van der Waals surface area (Å²) in [6, 6.07) is 17.6. The SMILES string of the molecule is CCN(CC)c1ccc(C=CCC(C)(C)c2ccccc2[NH2+]C)cc1. The highest BCUT2D eigenvalue weighted by Crippen LogP contribution is 2.31. The molecule has 25 heavy (non-hydrogen) atoms. The van der Waals surface area contributed by atoms with Crippen molar-refractivity contribution in [2.24, 2.45) is 0 Å². The van der Waals surface area contributed by atoms with E-state index in [0.29, 0.717) is 0 Å². The summed E-state index contributed by atoms with van der Waals surface area (Å²) in [4.78, 5) is 2.37. The van der Waals surface area contributed by atoms with Gasteiger partial charge in [0.25, 0.3) is 0 Å². The Balaban J connectivity index is 2.07. The zero-order valence-corrected chi connectivity index (χ0v) is 16.4. The van der Waals surface area contributed by atoms with Gasteiger partial charge in [-0.1, -0.05) is 56.3 Å². The second-order valence-electron chi connectivity index (χ2n) is 7.13. The molecule has 0 aliphatic carbocycles. The number of benzene rings is 2. The van der Waals surface area contributed by atoms with Crippen LogP contribution in [0, 0.1) is 0 Å². The van der Waals surface area contributed by atoms with E-state index in [-0.39, 0.29) is 5.41 Å². The second-order valence-corrected chi connectivity index (χ2v) is 7.13. The van der Waals surface area contributed by atoms with Gasteiger partial charge in [0, 0.05) is 24.3 Å². The predicted molar refractivity (Wildman–Crippen MR) is 111 cm³/mol. The molecule has 2 nitrogen and oxygen atoms in total. The predicted octanol–water partition coefficient (Wildman–Crippen LogP) is 4.74. The summed E-state index contributed by atoms with van der Waals surface area (Å²) in [5, 5.41) is 2.20. The fraction of sp³-hybridized carbons (Fsp3) is 0.391. The van der Waals surface area contributed by atoms with Gasteiger partial charge in [0.1, 0.15) is 5.69 Å². The van der Waals surface area contributed by atoms with Gasteiger partial charge < -0.3 is 10.2 Å². The van der Waals surface area contributed by atoms with Crippen molar-refractivity contribution in [2.45, 2.75) is 39.5 Å². The molecule has 0 saturated heterocycles. The Labute approximate surface area is 153 Å². The highest BCUT2D eigenvalue weighted by atomic mass is 15.1. The molecule has 0 heterocycles. The Morgan fingerprint density at radius 2 is 1.60 bits per heavy atom. The van der Waals surface area contributed by atoms with Crippen molar-refractivity contribution in [1.82, 2.24) is 0 Å². The second kappa shape index (κ2) is 8.87. The monoisotopic (exact) mass is 337 g/mol. The molecule has 2 aromatic carbocycles. The van der Waals surface area contributed by atoms with E-state index in [1.807, 2.05) is 0 Å². The topological polar surface area (TPSA) is 19.9 Å². The van der Waals surface area contributed by atoms with Crippen molar-refractivity contribution in [3.63, 3.8) is 0 Å². The fourth-order valence-corrected chi connectivity index (χ4v) is 3.35. The minimum absolute atomic E-state index is 0.126. The molecule has 0 amide bonds. The Hall–Kier alpha value is -2.06. The maximum absolute atomic E-state index is 2.37. The first-order valence-corrected chi connectivity index (χ1v) is 9.42. The summed E-state index contributed by atoms with van der Waals surface area (Å²) in [5.41, 5.74) is 5.45. The van der Waals surface area contributed by atoms with Gasteiger partial charge in [-0.3, -0.25) is 0 Å². The van der Waals surface area contributed by atoms with Crippen LogP contribution in [0.1, 0.15) is 45.2 Å². The molecule has 2 aromatic rings. The van der Waals surface area contributed by atoms with Crippen molar-refractivity contribution in [1.29, 1.82) is 0 Å². The standard InChI is InChI=1S/C23H32N2/c1-6-25(7-2)20-16-14-19(15-17-20)11-10-18-23(3,4)21-12-8-9-13-22(21)24-5/h8-17,24H,6-7,18H2,1-5H3/p+1. The zero-order valence-electron chi connectivity index (χ0n) is 16.4. The van der Waals surface area contributed by atoms with E-state index in [4.69, 9.17) is 0 Å². The Morgan fingerprint density at radius 1 is 0.960 bits per heavy atom. The van der Waals surface area contributed by atoms with Crippen LogP contribution in [-0.4, -0.2) is 20.1 Å². The summed E-state index contributed by atoms with van der Waals surface area (Å²) in [5.74, 6) is 0. The number of nitrogens with zero attached hydrogens (tertiary/aromatic N) is 1. The van der Waals surface area contributed by atoms with E-state index in [2.05, 4.69) is 106 Å². The smallest absolute Gasteiger partial charge is 0.133 e. The van der Waals surface area contributed by atoms with Gasteiger partial charge in [-0.2, -0.15) is 0 Å². The Bertz CT molecular complexity index is 679. The average Bonchev–Trinajstić information content (AvgIpc) is 2.64. The molecule has 0 saturated carbocycles. The van der Waals surface area contributed by atoms with E-state index in [0.717, 1.165) is 19.5 Å². The lowest BCUT2D eigenvalue weighted by molar-refractivity contribution is -0.540. The molecule has 0 bridgehead atoms. The van der Waals surface area contributed by atoms with Gasteiger partial charge in [-0.05, 0) is 49.4 Å². The van der Waals surface area contributed by atoms with E-state index >= 15 is 0 Å². The van der Waals surface area contributed by atoms with Crippen molar-refractivity contribution < 1.29 is 5.32 Å². The summed E-state index contributed by atoms with van der Waals surface area (Å²) in [6.45, 7) is 11.1. The molecule has 2 rings (SSSR count). The van der Waals surface area contributed by atoms with Crippen LogP contribution >= 0.6 is 0 Å². The van der Waals surface area contributed by atoms with Gasteiger partial charge in [0.15, 0.2) is 0 Å². The Kier molecular flexibility index (Phi) is 6.83. The molecule has 134 valence electrons. The minimum atomic E-state index is 0.126. The number of quaternary nitrogens is 1. The van der Waals surface area contributed by atoms with Gasteiger partial charge in [-0.15, -0.1) is 0 Å². The molecule has 0 radical (unpaired) electrons. The Morgan fingerprint density at radius 3 is 2.20 bits per heavy atom. The number of allylic oxidation sites excluding steroid dienone is 1. The molecule has 2 N–H and O–H groups in total. The normalized spacial score (nSPS) is 11.9. The maximum Gasteiger partial charge on any atom is 0.133 e. The molecular weight excluding hydrogens is 304 g/mol. The third-order valence-electron chi connectivity index (χ3n) is 4.96. The molecule has 0 unspecified atom stereocenters. The average molecular weight is 338 g/mol. The lowest BCUT2D eigenvalue weighted by Gasteiger charge is -2.24. The van der Waals surface area contributed by atoms with Gasteiger partial charge in [0.2, 0.25) is 0 Å². The molecule has 0 aromatic heterocycles. The summed E-state index contributed by atoms with van der Waals surface area (Å²) in [7, 11) is 2.11. The van der Waals surface area contributed by atoms with Crippen molar-refractivity contribution in [3.05, 3.63) is 65.7 Å². The summed E-state index contributed by atoms with van der Waals surface area (Å²) >= 11 is 0. The van der Waals surface area contributed by atoms with Crippen molar-refractivity contribution in [2.75, 3.05) is 25.0 Å². The molecular formula is C23H33N2+. The van der Waals surface area contributed by atoms with Crippen LogP contribution in [0.4, 0.5) is 11.4 Å². The maximum atomic E-state index is 2.37. The first kappa shape index (κ1) is 19.3. The van der Waals surface area contributed by atoms with Crippen LogP contribution in [0.3, 0.4) is 0 Å². The van der Waals surface area contributed by atoms with Crippen LogP contribution in [0.15, 0.2) is 54.6 Å². The minimum Gasteiger partial charge on any atom is -0.372 e. The molecule has 0 aliphatic heterocycles. The number of para-hydroxylation sites is 1. The third-order valence-corrected chi connectivity index (χ3v) is 4.96. The van der Waals surface area contributed by atoms with E-state index < -0.39 is 0 Å². The fourth-order valence-electron chi connectivity index (χ4n) is 3.35. The van der Waals surface area contributed by atoms with Crippen LogP contribution in [0.5, 0.6) is 0 Å². The number of rotatable bonds is 8. The van der Waals surface area contributed by atoms with Crippen molar-refractivity contribution >= 4 is 17.5 Å². The molecule has 0 fully saturated rings. The first-order chi connectivity index (χ1) is 12.0. The molecule has 0 atom stereocenters. The van der Waals surface area contributed by atoms with Gasteiger partial charge in [0.05, 0.1) is 7.05 Å². The largest absolute Gasteiger partial charge is 0.372 e. The van der Waals surface area contributed by atoms with Gasteiger partial charge in [-0.25, -0.2) is 0 Å². The van der Waals surface area contributed by atoms with Crippen LogP contribution < -0.4 is 10.2 Å². The van der Waals surface area contributed by atoms with Gasteiger partial charge >= 0.3 is 0 Å². The number of hydrogen-bond donors (Lipinski definition) is 1. The van der Waals surface area contributed by atoms with Crippen LogP contribution in [0.25, 0.3) is 6.08 Å². The van der Waals surface area contributed by atoms with Crippen LogP contribution in [0.2, 0.25) is 0 Å². The zero-order chi connectivity index (χ0) is 18.3. The number of nitrogens with two attached hydrogens (primary N) is 1. The van der Waals surface area contributed by atoms with Crippen molar-refractivity contribution in [3.8, 4) is 0 Å². The third kappa shape index (κ3) is 4.96. The van der Waals surface area contributed by atoms with E-state index in [9.17, 15) is 0 Å². The highest BCUT2D eigenvalue weighted by Gasteiger charge is 2.23. The molecule has 2 heteroatoms. The van der Waals surface area contributed by atoms with E-state index in [1.165, 1.54) is 22.5 Å². The van der Waals surface area contributed by atoms with Crippen LogP contribution in [-0.2, 0) is 5.41 Å². The summed E-state index contributed by atoms with van der Waals surface area (Å²) < 4.78 is 0. The lowest BCUT2D eigenvalue weighted by Crippen LogP contribution is -2.73.